The summed E-state index contributed by atoms with van der Waals surface area (Å²) < 4.78 is 5.22. The third-order valence-corrected chi connectivity index (χ3v) is 1.80. The molecule has 0 bridgehead atoms. The average molecular weight is 156 g/mol. The van der Waals surface area contributed by atoms with Crippen molar-refractivity contribution in [1.82, 2.24) is 0 Å². The van der Waals surface area contributed by atoms with Crippen LogP contribution < -0.4 is 0 Å². The van der Waals surface area contributed by atoms with Gasteiger partial charge in [0, 0.05) is 6.00 Å². The molecule has 1 fully saturated rings. The van der Waals surface area contributed by atoms with Gasteiger partial charge in [-0.05, 0) is 6.42 Å². The van der Waals surface area contributed by atoms with Crippen LogP contribution in [0.5, 0.6) is 0 Å². The van der Waals surface area contributed by atoms with Crippen LogP contribution >= 0.6 is 0 Å². The summed E-state index contributed by atoms with van der Waals surface area (Å²) in [5.41, 5.74) is 0. The maximum absolute atomic E-state index is 10.2. The van der Waals surface area contributed by atoms with E-state index in [4.69, 9.17) is 4.74 Å². The molecule has 0 saturated carbocycles. The van der Waals surface area contributed by atoms with E-state index in [1.165, 1.54) is 0 Å². The van der Waals surface area contributed by atoms with Crippen molar-refractivity contribution in [2.24, 2.45) is 10.4 Å². The van der Waals surface area contributed by atoms with E-state index in [0.717, 1.165) is 0 Å². The highest BCUT2D eigenvalue weighted by Crippen LogP contribution is 2.21. The summed E-state index contributed by atoms with van der Waals surface area (Å²) in [5, 5.41) is 5.54. The number of hydrogen-bond acceptors (Lipinski definition) is 5. The summed E-state index contributed by atoms with van der Waals surface area (Å²) in [6, 6.07) is -0.368. The number of hydrogen-bond donors (Lipinski definition) is 0. The Morgan fingerprint density at radius 1 is 1.55 bits per heavy atom. The molecular formula is C5H9BN2O3. The van der Waals surface area contributed by atoms with Crippen LogP contribution in [0.1, 0.15) is 6.42 Å². The highest BCUT2D eigenvalue weighted by molar-refractivity contribution is 6.11. The predicted octanol–water partition coefficient (Wildman–Crippen LogP) is -0.364. The maximum atomic E-state index is 10.2. The van der Waals surface area contributed by atoms with E-state index in [9.17, 15) is 9.81 Å². The van der Waals surface area contributed by atoms with E-state index in [-0.39, 0.29) is 24.7 Å². The molecule has 1 aliphatic rings. The van der Waals surface area contributed by atoms with Gasteiger partial charge in [0.2, 0.25) is 0 Å². The van der Waals surface area contributed by atoms with Crippen LogP contribution in [-0.2, 0) is 4.74 Å². The molecule has 0 aromatic carbocycles. The molecule has 0 amide bonds. The quantitative estimate of drug-likeness (QED) is 0.413. The first-order valence-electron chi connectivity index (χ1n) is 3.55. The van der Waals surface area contributed by atoms with Crippen molar-refractivity contribution in [3.63, 3.8) is 0 Å². The Bertz CT molecular complexity index is 166. The first-order valence-corrected chi connectivity index (χ1v) is 3.55. The highest BCUT2D eigenvalue weighted by atomic mass is 16.5. The Morgan fingerprint density at radius 2 is 2.27 bits per heavy atom. The zero-order valence-electron chi connectivity index (χ0n) is 6.27. The standard InChI is InChI=1S/C5H9BN2O3/c6-5-1-3(8-10)4(11-5)2-7-9/h3-5H,1-2,6H2/t3-,4-,5-/m1/s1. The van der Waals surface area contributed by atoms with Crippen LogP contribution in [0.3, 0.4) is 0 Å². The molecule has 0 N–H and O–H groups in total. The Hall–Kier alpha value is -0.775. The summed E-state index contributed by atoms with van der Waals surface area (Å²) in [7, 11) is 1.85. The molecule has 60 valence electrons. The zero-order valence-corrected chi connectivity index (χ0v) is 6.27. The minimum absolute atomic E-state index is 0.0180. The topological polar surface area (TPSA) is 68.1 Å². The van der Waals surface area contributed by atoms with Gasteiger partial charge >= 0.3 is 0 Å². The van der Waals surface area contributed by atoms with Crippen LogP contribution in [0, 0.1) is 9.81 Å². The van der Waals surface area contributed by atoms with E-state index in [2.05, 4.69) is 10.4 Å². The molecule has 1 saturated heterocycles. The van der Waals surface area contributed by atoms with Crippen molar-refractivity contribution in [3.8, 4) is 0 Å². The van der Waals surface area contributed by atoms with Crippen LogP contribution in [0.2, 0.25) is 0 Å². The summed E-state index contributed by atoms with van der Waals surface area (Å²) in [6.45, 7) is 0.0285. The fourth-order valence-electron chi connectivity index (χ4n) is 1.29. The molecule has 0 aromatic heterocycles. The minimum Gasteiger partial charge on any atom is -0.379 e. The lowest BCUT2D eigenvalue weighted by Gasteiger charge is -2.07. The summed E-state index contributed by atoms with van der Waals surface area (Å²) in [6.07, 6.45) is 0.212. The predicted molar refractivity (Wildman–Crippen MR) is 42.1 cm³/mol. The number of nitrogens with zero attached hydrogens (tertiary/aromatic N) is 2. The minimum atomic E-state index is -0.389. The zero-order chi connectivity index (χ0) is 8.27. The van der Waals surface area contributed by atoms with Gasteiger partial charge in [0.05, 0.1) is 0 Å². The third kappa shape index (κ3) is 1.83. The van der Waals surface area contributed by atoms with Crippen molar-refractivity contribution in [1.29, 1.82) is 0 Å². The fourth-order valence-corrected chi connectivity index (χ4v) is 1.29. The van der Waals surface area contributed by atoms with E-state index in [0.29, 0.717) is 6.42 Å². The molecule has 0 radical (unpaired) electrons. The normalized spacial score (nSPS) is 36.9. The van der Waals surface area contributed by atoms with Crippen molar-refractivity contribution in [2.75, 3.05) is 6.54 Å². The van der Waals surface area contributed by atoms with Crippen molar-refractivity contribution >= 4 is 7.85 Å². The molecule has 5 nitrogen and oxygen atoms in total. The van der Waals surface area contributed by atoms with Gasteiger partial charge in [0.25, 0.3) is 0 Å². The first-order chi connectivity index (χ1) is 5.27. The molecule has 0 aliphatic carbocycles. The maximum Gasteiger partial charge on any atom is 0.139 e. The second-order valence-corrected chi connectivity index (χ2v) is 2.71. The van der Waals surface area contributed by atoms with E-state index in [1.807, 2.05) is 7.85 Å². The molecule has 0 aromatic rings. The monoisotopic (exact) mass is 156 g/mol. The van der Waals surface area contributed by atoms with E-state index < -0.39 is 0 Å². The Morgan fingerprint density at radius 3 is 2.82 bits per heavy atom. The third-order valence-electron chi connectivity index (χ3n) is 1.80. The molecule has 0 unspecified atom stereocenters. The lowest BCUT2D eigenvalue weighted by atomic mass is 9.95. The van der Waals surface area contributed by atoms with Crippen LogP contribution in [0.4, 0.5) is 0 Å². The van der Waals surface area contributed by atoms with Gasteiger partial charge in [0.15, 0.2) is 0 Å². The highest BCUT2D eigenvalue weighted by Gasteiger charge is 2.33. The van der Waals surface area contributed by atoms with Gasteiger partial charge in [-0.2, -0.15) is 9.81 Å². The van der Waals surface area contributed by atoms with Gasteiger partial charge in [-0.25, -0.2) is 0 Å². The van der Waals surface area contributed by atoms with Crippen molar-refractivity contribution in [3.05, 3.63) is 9.81 Å². The Balaban J connectivity index is 2.49. The van der Waals surface area contributed by atoms with E-state index in [1.54, 1.807) is 0 Å². The molecule has 1 heterocycles. The molecular weight excluding hydrogens is 147 g/mol. The van der Waals surface area contributed by atoms with Gasteiger partial charge in [-0.15, -0.1) is 0 Å². The second kappa shape index (κ2) is 3.57. The van der Waals surface area contributed by atoms with Gasteiger partial charge in [0.1, 0.15) is 26.5 Å². The molecule has 1 rings (SSSR count). The van der Waals surface area contributed by atoms with Crippen molar-refractivity contribution < 1.29 is 4.74 Å². The molecule has 3 atom stereocenters. The van der Waals surface area contributed by atoms with Crippen LogP contribution in [0.25, 0.3) is 0 Å². The smallest absolute Gasteiger partial charge is 0.139 e. The summed E-state index contributed by atoms with van der Waals surface area (Å²) in [5.74, 6) is 0. The molecule has 1 aliphatic heterocycles. The number of ether oxygens (including phenoxy) is 1. The van der Waals surface area contributed by atoms with Gasteiger partial charge in [-0.1, -0.05) is 10.4 Å². The largest absolute Gasteiger partial charge is 0.379 e. The van der Waals surface area contributed by atoms with Crippen molar-refractivity contribution in [2.45, 2.75) is 24.6 Å². The Labute approximate surface area is 64.8 Å². The first kappa shape index (κ1) is 8.32. The summed E-state index contributed by atoms with van der Waals surface area (Å²) >= 11 is 0. The van der Waals surface area contributed by atoms with Gasteiger partial charge < -0.3 is 4.74 Å². The SMILES string of the molecule is B[C@H]1C[C@@H](N=O)[C@@H](CN=O)O1. The van der Waals surface area contributed by atoms with Crippen LogP contribution in [-0.4, -0.2) is 32.5 Å². The number of rotatable bonds is 3. The Kier molecular flexibility index (Phi) is 2.70. The van der Waals surface area contributed by atoms with Crippen LogP contribution in [0.15, 0.2) is 10.4 Å². The molecule has 0 spiro atoms. The molecule has 11 heavy (non-hydrogen) atoms. The lowest BCUT2D eigenvalue weighted by Crippen LogP contribution is -2.22. The average Bonchev–Trinajstić information content (AvgIpc) is 2.32. The summed E-state index contributed by atoms with van der Waals surface area (Å²) in [4.78, 5) is 20.0. The molecule has 6 heteroatoms. The van der Waals surface area contributed by atoms with E-state index >= 15 is 0 Å². The second-order valence-electron chi connectivity index (χ2n) is 2.71. The van der Waals surface area contributed by atoms with Gasteiger partial charge in [-0.3, -0.25) is 0 Å². The lowest BCUT2D eigenvalue weighted by molar-refractivity contribution is 0.0890. The number of nitroso groups, excluding NO2 is 2. The fraction of sp³-hybridized carbons (Fsp3) is 1.00.